The summed E-state index contributed by atoms with van der Waals surface area (Å²) < 4.78 is 4.94. The number of para-hydroxylation sites is 1. The minimum atomic E-state index is -0.448. The number of hydrogen-bond donors (Lipinski definition) is 2. The third-order valence-corrected chi connectivity index (χ3v) is 4.19. The maximum Gasteiger partial charge on any atom is 0.273 e. The third kappa shape index (κ3) is 5.54. The highest BCUT2D eigenvalue weighted by Crippen LogP contribution is 2.18. The van der Waals surface area contributed by atoms with Crippen LogP contribution in [-0.2, 0) is 11.3 Å². The van der Waals surface area contributed by atoms with E-state index in [1.807, 2.05) is 6.07 Å². The quantitative estimate of drug-likeness (QED) is 0.551. The van der Waals surface area contributed by atoms with Crippen LogP contribution in [0.1, 0.15) is 18.4 Å². The number of rotatable bonds is 8. The predicted molar refractivity (Wildman–Crippen MR) is 87.3 cm³/mol. The van der Waals surface area contributed by atoms with Crippen LogP contribution in [-0.4, -0.2) is 60.4 Å². The molecule has 1 heterocycles. The summed E-state index contributed by atoms with van der Waals surface area (Å²) >= 11 is 0. The van der Waals surface area contributed by atoms with E-state index < -0.39 is 6.10 Å². The van der Waals surface area contributed by atoms with Gasteiger partial charge in [-0.05, 0) is 25.9 Å². The molecule has 7 heteroatoms. The van der Waals surface area contributed by atoms with Crippen molar-refractivity contribution in [3.05, 3.63) is 39.9 Å². The lowest BCUT2D eigenvalue weighted by Crippen LogP contribution is -2.45. The fourth-order valence-corrected chi connectivity index (χ4v) is 2.96. The lowest BCUT2D eigenvalue weighted by atomic mass is 10.0. The molecule has 1 saturated heterocycles. The predicted octanol–water partition coefficient (Wildman–Crippen LogP) is 1.16. The van der Waals surface area contributed by atoms with E-state index in [0.29, 0.717) is 25.7 Å². The minimum absolute atomic E-state index is 0.167. The fraction of sp³-hybridized carbons (Fsp3) is 0.625. The van der Waals surface area contributed by atoms with Crippen LogP contribution >= 0.6 is 0 Å². The Bertz CT molecular complexity index is 504. The molecular weight excluding hydrogens is 298 g/mol. The Kier molecular flexibility index (Phi) is 6.91. The zero-order chi connectivity index (χ0) is 16.7. The monoisotopic (exact) mass is 323 g/mol. The molecule has 1 aliphatic heterocycles. The molecule has 1 aromatic carbocycles. The smallest absolute Gasteiger partial charge is 0.273 e. The van der Waals surface area contributed by atoms with Gasteiger partial charge in [0.25, 0.3) is 5.69 Å². The highest BCUT2D eigenvalue weighted by molar-refractivity contribution is 5.39. The first kappa shape index (κ1) is 17.8. The topological polar surface area (TPSA) is 87.9 Å². The van der Waals surface area contributed by atoms with Gasteiger partial charge in [-0.2, -0.15) is 0 Å². The highest BCUT2D eigenvalue weighted by Gasteiger charge is 2.21. The number of methoxy groups -OCH3 is 1. The lowest BCUT2D eigenvalue weighted by Gasteiger charge is -2.33. The molecule has 0 radical (unpaired) electrons. The number of benzene rings is 1. The van der Waals surface area contributed by atoms with E-state index in [2.05, 4.69) is 10.2 Å². The van der Waals surface area contributed by atoms with Crippen molar-refractivity contribution in [1.29, 1.82) is 0 Å². The molecule has 128 valence electrons. The number of likely N-dealkylation sites (tertiary alicyclic amines) is 1. The Hall–Kier alpha value is -1.54. The second kappa shape index (κ2) is 8.93. The SMILES string of the molecule is COCC(O)CN1CCC(NCc2ccccc2[N+](=O)[O-])CC1. The molecule has 0 aromatic heterocycles. The summed E-state index contributed by atoms with van der Waals surface area (Å²) in [6.45, 7) is 3.32. The van der Waals surface area contributed by atoms with Crippen molar-refractivity contribution >= 4 is 5.69 Å². The van der Waals surface area contributed by atoms with Gasteiger partial charge in [-0.3, -0.25) is 10.1 Å². The van der Waals surface area contributed by atoms with Crippen LogP contribution in [0.2, 0.25) is 0 Å². The van der Waals surface area contributed by atoms with Gasteiger partial charge in [0.05, 0.1) is 17.6 Å². The number of aliphatic hydroxyl groups is 1. The van der Waals surface area contributed by atoms with Crippen LogP contribution in [0, 0.1) is 10.1 Å². The molecular formula is C16H25N3O4. The average molecular weight is 323 g/mol. The Morgan fingerprint density at radius 3 is 2.78 bits per heavy atom. The number of nitro benzene ring substituents is 1. The molecule has 1 aliphatic rings. The summed E-state index contributed by atoms with van der Waals surface area (Å²) in [7, 11) is 1.59. The van der Waals surface area contributed by atoms with Crippen molar-refractivity contribution in [2.45, 2.75) is 31.5 Å². The largest absolute Gasteiger partial charge is 0.389 e. The molecule has 0 amide bonds. The summed E-state index contributed by atoms with van der Waals surface area (Å²) in [6.07, 6.45) is 1.50. The van der Waals surface area contributed by atoms with Crippen molar-refractivity contribution in [1.82, 2.24) is 10.2 Å². The fourth-order valence-electron chi connectivity index (χ4n) is 2.96. The number of nitrogens with zero attached hydrogens (tertiary/aromatic N) is 2. The van der Waals surface area contributed by atoms with E-state index in [-0.39, 0.29) is 10.6 Å². The summed E-state index contributed by atoms with van der Waals surface area (Å²) in [5, 5.41) is 24.2. The second-order valence-corrected chi connectivity index (χ2v) is 5.95. The standard InChI is InChI=1S/C16H25N3O4/c1-23-12-15(20)11-18-8-6-14(7-9-18)17-10-13-4-2-3-5-16(13)19(21)22/h2-5,14-15,17,20H,6-12H2,1H3. The third-order valence-electron chi connectivity index (χ3n) is 4.19. The van der Waals surface area contributed by atoms with Crippen LogP contribution in [0.4, 0.5) is 5.69 Å². The van der Waals surface area contributed by atoms with Crippen LogP contribution in [0.3, 0.4) is 0 Å². The van der Waals surface area contributed by atoms with E-state index in [9.17, 15) is 15.2 Å². The van der Waals surface area contributed by atoms with E-state index in [0.717, 1.165) is 31.5 Å². The van der Waals surface area contributed by atoms with E-state index in [1.165, 1.54) is 6.07 Å². The van der Waals surface area contributed by atoms with Crippen LogP contribution in [0.15, 0.2) is 24.3 Å². The molecule has 1 aromatic rings. The van der Waals surface area contributed by atoms with Gasteiger partial charge >= 0.3 is 0 Å². The Labute approximate surface area is 136 Å². The van der Waals surface area contributed by atoms with Crippen molar-refractivity contribution in [2.75, 3.05) is 33.4 Å². The van der Waals surface area contributed by atoms with Gasteiger partial charge < -0.3 is 20.1 Å². The number of aliphatic hydroxyl groups excluding tert-OH is 1. The number of β-amino-alcohol motifs (C(OH)–C–C–N with tert-alkyl or cyclic N) is 1. The van der Waals surface area contributed by atoms with Gasteiger partial charge in [-0.15, -0.1) is 0 Å². The molecule has 2 N–H and O–H groups in total. The normalized spacial score (nSPS) is 18.0. The number of ether oxygens (including phenoxy) is 1. The molecule has 7 nitrogen and oxygen atoms in total. The lowest BCUT2D eigenvalue weighted by molar-refractivity contribution is -0.385. The van der Waals surface area contributed by atoms with Gasteiger partial charge in [0.1, 0.15) is 0 Å². The Balaban J connectivity index is 1.76. The van der Waals surface area contributed by atoms with Crippen molar-refractivity contribution in [2.24, 2.45) is 0 Å². The highest BCUT2D eigenvalue weighted by atomic mass is 16.6. The maximum absolute atomic E-state index is 11.0. The van der Waals surface area contributed by atoms with Crippen LogP contribution in [0.25, 0.3) is 0 Å². The Morgan fingerprint density at radius 2 is 2.13 bits per heavy atom. The first-order valence-corrected chi connectivity index (χ1v) is 7.95. The molecule has 1 unspecified atom stereocenters. The number of piperidine rings is 1. The minimum Gasteiger partial charge on any atom is -0.389 e. The number of nitro groups is 1. The molecule has 0 saturated carbocycles. The van der Waals surface area contributed by atoms with E-state index in [1.54, 1.807) is 19.2 Å². The van der Waals surface area contributed by atoms with E-state index in [4.69, 9.17) is 4.74 Å². The Morgan fingerprint density at radius 1 is 1.43 bits per heavy atom. The zero-order valence-electron chi connectivity index (χ0n) is 13.5. The van der Waals surface area contributed by atoms with E-state index >= 15 is 0 Å². The average Bonchev–Trinajstić information content (AvgIpc) is 2.54. The molecule has 0 bridgehead atoms. The van der Waals surface area contributed by atoms with Crippen molar-refractivity contribution in [3.63, 3.8) is 0 Å². The first-order chi connectivity index (χ1) is 11.1. The molecule has 23 heavy (non-hydrogen) atoms. The van der Waals surface area contributed by atoms with Crippen molar-refractivity contribution < 1.29 is 14.8 Å². The van der Waals surface area contributed by atoms with Gasteiger partial charge in [0.2, 0.25) is 0 Å². The number of nitrogens with one attached hydrogen (secondary N) is 1. The van der Waals surface area contributed by atoms with Gasteiger partial charge in [-0.1, -0.05) is 18.2 Å². The summed E-state index contributed by atoms with van der Waals surface area (Å²) in [5.74, 6) is 0. The number of hydrogen-bond acceptors (Lipinski definition) is 6. The molecule has 1 fully saturated rings. The first-order valence-electron chi connectivity index (χ1n) is 7.95. The maximum atomic E-state index is 11.0. The summed E-state index contributed by atoms with van der Waals surface area (Å²) in [6, 6.07) is 7.19. The molecule has 0 aliphatic carbocycles. The van der Waals surface area contributed by atoms with Gasteiger partial charge in [0, 0.05) is 37.9 Å². The molecule has 1 atom stereocenters. The second-order valence-electron chi connectivity index (χ2n) is 5.95. The zero-order valence-corrected chi connectivity index (χ0v) is 13.5. The van der Waals surface area contributed by atoms with Gasteiger partial charge in [-0.25, -0.2) is 0 Å². The molecule has 2 rings (SSSR count). The summed E-state index contributed by atoms with van der Waals surface area (Å²) in [5.41, 5.74) is 0.885. The van der Waals surface area contributed by atoms with Crippen LogP contribution in [0.5, 0.6) is 0 Å². The van der Waals surface area contributed by atoms with Crippen molar-refractivity contribution in [3.8, 4) is 0 Å². The van der Waals surface area contributed by atoms with Gasteiger partial charge in [0.15, 0.2) is 0 Å². The molecule has 0 spiro atoms. The van der Waals surface area contributed by atoms with Crippen LogP contribution < -0.4 is 5.32 Å². The summed E-state index contributed by atoms with van der Waals surface area (Å²) in [4.78, 5) is 12.9.